The Kier molecular flexibility index (Phi) is 6.85. The Balaban J connectivity index is 1.29. The molecule has 0 radical (unpaired) electrons. The highest BCUT2D eigenvalue weighted by Crippen LogP contribution is 2.31. The van der Waals surface area contributed by atoms with Crippen LogP contribution in [0, 0.1) is 0 Å². The molecular weight excluding hydrogens is 396 g/mol. The summed E-state index contributed by atoms with van der Waals surface area (Å²) in [6.45, 7) is 2.05. The summed E-state index contributed by atoms with van der Waals surface area (Å²) in [5.74, 6) is 0.279. The smallest absolute Gasteiger partial charge is 0.222 e. The van der Waals surface area contributed by atoms with E-state index in [-0.39, 0.29) is 23.5 Å². The summed E-state index contributed by atoms with van der Waals surface area (Å²) in [6, 6.07) is 14.3. The number of carbonyl (C=O) groups is 2. The van der Waals surface area contributed by atoms with Gasteiger partial charge < -0.3 is 15.0 Å². The lowest BCUT2D eigenvalue weighted by molar-refractivity contribution is -0.136. The van der Waals surface area contributed by atoms with Crippen molar-refractivity contribution >= 4 is 23.2 Å². The summed E-state index contributed by atoms with van der Waals surface area (Å²) in [4.78, 5) is 28.1. The number of hydrogen-bond donors (Lipinski definition) is 1. The van der Waals surface area contributed by atoms with Crippen LogP contribution in [0.5, 0.6) is 0 Å². The molecule has 0 bridgehead atoms. The monoisotopic (exact) mass is 426 g/mol. The van der Waals surface area contributed by atoms with Gasteiger partial charge in [0.25, 0.3) is 0 Å². The van der Waals surface area contributed by atoms with Crippen molar-refractivity contribution in [2.24, 2.45) is 0 Å². The minimum Gasteiger partial charge on any atom is -0.372 e. The van der Waals surface area contributed by atoms with Crippen LogP contribution in [0.1, 0.15) is 49.0 Å². The van der Waals surface area contributed by atoms with Crippen LogP contribution in [0.3, 0.4) is 0 Å². The zero-order chi connectivity index (χ0) is 20.8. The SMILES string of the molecule is O=C1CCC(CCC(=O)N2CCCC(OCc3ccccc3)C2)(Cc2cccs2)N1. The Morgan fingerprint density at radius 3 is 2.83 bits per heavy atom. The second kappa shape index (κ2) is 9.75. The van der Waals surface area contributed by atoms with Crippen molar-refractivity contribution in [1.29, 1.82) is 0 Å². The molecule has 2 aromatic rings. The van der Waals surface area contributed by atoms with Gasteiger partial charge in [-0.1, -0.05) is 36.4 Å². The summed E-state index contributed by atoms with van der Waals surface area (Å²) in [5, 5.41) is 5.25. The van der Waals surface area contributed by atoms with Crippen molar-refractivity contribution in [2.75, 3.05) is 13.1 Å². The van der Waals surface area contributed by atoms with Gasteiger partial charge in [-0.3, -0.25) is 9.59 Å². The lowest BCUT2D eigenvalue weighted by atomic mass is 9.87. The average molecular weight is 427 g/mol. The maximum atomic E-state index is 13.0. The number of benzene rings is 1. The van der Waals surface area contributed by atoms with Gasteiger partial charge in [0.1, 0.15) is 0 Å². The lowest BCUT2D eigenvalue weighted by Crippen LogP contribution is -2.46. The molecule has 2 saturated heterocycles. The topological polar surface area (TPSA) is 58.6 Å². The third-order valence-electron chi connectivity index (χ3n) is 6.20. The number of rotatable bonds is 8. The number of thiophene rings is 1. The second-order valence-corrected chi connectivity index (χ2v) is 9.52. The predicted molar refractivity (Wildman–Crippen MR) is 118 cm³/mol. The van der Waals surface area contributed by atoms with Crippen molar-refractivity contribution in [3.8, 4) is 0 Å². The zero-order valence-corrected chi connectivity index (χ0v) is 18.2. The minimum absolute atomic E-state index is 0.0918. The van der Waals surface area contributed by atoms with Crippen LogP contribution in [-0.2, 0) is 27.4 Å². The van der Waals surface area contributed by atoms with Gasteiger partial charge in [-0.25, -0.2) is 0 Å². The molecule has 0 saturated carbocycles. The van der Waals surface area contributed by atoms with Gasteiger partial charge in [0.15, 0.2) is 0 Å². The molecule has 5 nitrogen and oxygen atoms in total. The quantitative estimate of drug-likeness (QED) is 0.696. The number of amides is 2. The van der Waals surface area contributed by atoms with Gasteiger partial charge in [-0.15, -0.1) is 11.3 Å². The molecule has 2 unspecified atom stereocenters. The fourth-order valence-electron chi connectivity index (χ4n) is 4.52. The number of nitrogens with zero attached hydrogens (tertiary/aromatic N) is 1. The summed E-state index contributed by atoms with van der Waals surface area (Å²) >= 11 is 1.71. The molecule has 1 N–H and O–H groups in total. The van der Waals surface area contributed by atoms with E-state index in [0.717, 1.165) is 37.8 Å². The molecule has 4 rings (SSSR count). The van der Waals surface area contributed by atoms with Crippen molar-refractivity contribution in [2.45, 2.75) is 63.2 Å². The van der Waals surface area contributed by atoms with Gasteiger partial charge in [-0.05, 0) is 42.7 Å². The van der Waals surface area contributed by atoms with Gasteiger partial charge >= 0.3 is 0 Å². The van der Waals surface area contributed by atoms with Crippen LogP contribution < -0.4 is 5.32 Å². The standard InChI is InChI=1S/C24H30N2O3S/c27-22-10-12-24(25-22,16-21-9-5-15-30-21)13-11-23(28)26-14-4-8-20(17-26)29-18-19-6-2-1-3-7-19/h1-3,5-7,9,15,20H,4,8,10-14,16-18H2,(H,25,27). The maximum absolute atomic E-state index is 13.0. The van der Waals surface area contributed by atoms with Gasteiger partial charge in [-0.2, -0.15) is 0 Å². The van der Waals surface area contributed by atoms with E-state index in [4.69, 9.17) is 4.74 Å². The number of ether oxygens (including phenoxy) is 1. The van der Waals surface area contributed by atoms with Crippen LogP contribution >= 0.6 is 11.3 Å². The number of carbonyl (C=O) groups excluding carboxylic acids is 2. The highest BCUT2D eigenvalue weighted by molar-refractivity contribution is 7.09. The molecule has 2 aliphatic rings. The summed E-state index contributed by atoms with van der Waals surface area (Å²) in [7, 11) is 0. The third kappa shape index (κ3) is 5.49. The number of piperidine rings is 1. The Hall–Kier alpha value is -2.18. The first-order chi connectivity index (χ1) is 14.6. The van der Waals surface area contributed by atoms with Gasteiger partial charge in [0.2, 0.25) is 11.8 Å². The Labute approximate surface area is 182 Å². The maximum Gasteiger partial charge on any atom is 0.222 e. The molecule has 2 aliphatic heterocycles. The summed E-state index contributed by atoms with van der Waals surface area (Å²) < 4.78 is 6.08. The van der Waals surface area contributed by atoms with E-state index in [2.05, 4.69) is 28.9 Å². The molecule has 1 aromatic heterocycles. The van der Waals surface area contributed by atoms with E-state index in [1.54, 1.807) is 11.3 Å². The molecule has 1 aromatic carbocycles. The number of likely N-dealkylation sites (tertiary alicyclic amines) is 1. The molecule has 2 atom stereocenters. The Morgan fingerprint density at radius 1 is 1.23 bits per heavy atom. The molecule has 30 heavy (non-hydrogen) atoms. The molecule has 6 heteroatoms. The Bertz CT molecular complexity index is 839. The van der Waals surface area contributed by atoms with Crippen molar-refractivity contribution in [3.63, 3.8) is 0 Å². The molecule has 3 heterocycles. The molecule has 2 fully saturated rings. The van der Waals surface area contributed by atoms with E-state index in [1.807, 2.05) is 29.2 Å². The van der Waals surface area contributed by atoms with E-state index in [0.29, 0.717) is 32.4 Å². The largest absolute Gasteiger partial charge is 0.372 e. The van der Waals surface area contributed by atoms with Crippen LogP contribution in [0.2, 0.25) is 0 Å². The average Bonchev–Trinajstić information content (AvgIpc) is 3.41. The van der Waals surface area contributed by atoms with Crippen LogP contribution in [0.4, 0.5) is 0 Å². The first kappa shape index (κ1) is 21.1. The van der Waals surface area contributed by atoms with Crippen LogP contribution in [0.25, 0.3) is 0 Å². The predicted octanol–water partition coefficient (Wildman–Crippen LogP) is 3.93. The van der Waals surface area contributed by atoms with Gasteiger partial charge in [0, 0.05) is 42.8 Å². The molecular formula is C24H30N2O3S. The molecule has 0 aliphatic carbocycles. The van der Waals surface area contributed by atoms with Crippen LogP contribution in [-0.4, -0.2) is 41.4 Å². The number of nitrogens with one attached hydrogen (secondary N) is 1. The fourth-order valence-corrected chi connectivity index (χ4v) is 5.37. The summed E-state index contributed by atoms with van der Waals surface area (Å²) in [6.07, 6.45) is 5.40. The molecule has 160 valence electrons. The molecule has 0 spiro atoms. The van der Waals surface area contributed by atoms with E-state index in [9.17, 15) is 9.59 Å². The Morgan fingerprint density at radius 2 is 2.10 bits per heavy atom. The normalized spacial score (nSPS) is 24.1. The van der Waals surface area contributed by atoms with Crippen molar-refractivity contribution in [1.82, 2.24) is 10.2 Å². The van der Waals surface area contributed by atoms with E-state index in [1.165, 1.54) is 4.88 Å². The summed E-state index contributed by atoms with van der Waals surface area (Å²) in [5.41, 5.74) is 0.879. The van der Waals surface area contributed by atoms with Crippen molar-refractivity contribution < 1.29 is 14.3 Å². The first-order valence-corrected chi connectivity index (χ1v) is 11.8. The number of hydrogen-bond acceptors (Lipinski definition) is 4. The van der Waals surface area contributed by atoms with Crippen LogP contribution in [0.15, 0.2) is 47.8 Å². The highest BCUT2D eigenvalue weighted by Gasteiger charge is 2.38. The fraction of sp³-hybridized carbons (Fsp3) is 0.500. The highest BCUT2D eigenvalue weighted by atomic mass is 32.1. The zero-order valence-electron chi connectivity index (χ0n) is 17.3. The first-order valence-electron chi connectivity index (χ1n) is 10.9. The van der Waals surface area contributed by atoms with Gasteiger partial charge in [0.05, 0.1) is 12.7 Å². The second-order valence-electron chi connectivity index (χ2n) is 8.49. The minimum atomic E-state index is -0.281. The van der Waals surface area contributed by atoms with E-state index < -0.39 is 0 Å². The third-order valence-corrected chi connectivity index (χ3v) is 7.08. The van der Waals surface area contributed by atoms with Crippen molar-refractivity contribution in [3.05, 3.63) is 58.3 Å². The van der Waals surface area contributed by atoms with E-state index >= 15 is 0 Å². The molecule has 2 amide bonds. The lowest BCUT2D eigenvalue weighted by Gasteiger charge is -2.34.